The number of likely N-dealkylation sites (N-methyl/N-ethyl adjacent to an activating group) is 1. The third-order valence-electron chi connectivity index (χ3n) is 3.71. The molecule has 0 aliphatic carbocycles. The second-order valence-corrected chi connectivity index (χ2v) is 5.52. The highest BCUT2D eigenvalue weighted by atomic mass is 15.3. The van der Waals surface area contributed by atoms with E-state index in [2.05, 4.69) is 60.4 Å². The molecule has 0 aliphatic rings. The smallest absolute Gasteiger partial charge is 0.138 e. The molecular weight excluding hydrogens is 260 g/mol. The van der Waals surface area contributed by atoms with Gasteiger partial charge in [-0.1, -0.05) is 43.7 Å². The fourth-order valence-corrected chi connectivity index (χ4v) is 2.62. The highest BCUT2D eigenvalue weighted by Gasteiger charge is 2.15. The van der Waals surface area contributed by atoms with Crippen LogP contribution >= 0.6 is 0 Å². The summed E-state index contributed by atoms with van der Waals surface area (Å²) in [4.78, 5) is 4.45. The Morgan fingerprint density at radius 1 is 1.29 bits per heavy atom. The average Bonchev–Trinajstić information content (AvgIpc) is 2.91. The molecule has 1 aromatic heterocycles. The fourth-order valence-electron chi connectivity index (χ4n) is 2.62. The van der Waals surface area contributed by atoms with E-state index >= 15 is 0 Å². The number of nitrogens with zero attached hydrogens (tertiary/aromatic N) is 3. The molecule has 2 rings (SSSR count). The molecule has 1 heterocycles. The van der Waals surface area contributed by atoms with Crippen molar-refractivity contribution >= 4 is 0 Å². The van der Waals surface area contributed by atoms with Crippen molar-refractivity contribution in [1.82, 2.24) is 20.1 Å². The average molecular weight is 286 g/mol. The minimum absolute atomic E-state index is 0.435. The van der Waals surface area contributed by atoms with Crippen molar-refractivity contribution in [3.8, 4) is 0 Å². The Bertz CT molecular complexity index is 547. The van der Waals surface area contributed by atoms with E-state index < -0.39 is 0 Å². The Hall–Kier alpha value is -1.68. The van der Waals surface area contributed by atoms with E-state index in [4.69, 9.17) is 0 Å². The third-order valence-corrected chi connectivity index (χ3v) is 3.71. The summed E-state index contributed by atoms with van der Waals surface area (Å²) >= 11 is 0. The first kappa shape index (κ1) is 15.7. The van der Waals surface area contributed by atoms with Crippen molar-refractivity contribution in [1.29, 1.82) is 0 Å². The van der Waals surface area contributed by atoms with Gasteiger partial charge in [0.15, 0.2) is 0 Å². The molecule has 0 spiro atoms. The van der Waals surface area contributed by atoms with E-state index in [0.29, 0.717) is 5.92 Å². The van der Waals surface area contributed by atoms with E-state index in [1.54, 1.807) is 6.33 Å². The fraction of sp³-hybridized carbons (Fsp3) is 0.529. The largest absolute Gasteiger partial charge is 0.316 e. The van der Waals surface area contributed by atoms with Crippen molar-refractivity contribution in [3.63, 3.8) is 0 Å². The van der Waals surface area contributed by atoms with Gasteiger partial charge in [-0.15, -0.1) is 0 Å². The quantitative estimate of drug-likeness (QED) is 0.811. The van der Waals surface area contributed by atoms with E-state index in [1.165, 1.54) is 11.1 Å². The van der Waals surface area contributed by atoms with Crippen LogP contribution in [0.1, 0.15) is 43.1 Å². The topological polar surface area (TPSA) is 42.7 Å². The number of hydrogen-bond donors (Lipinski definition) is 1. The first-order valence-electron chi connectivity index (χ1n) is 7.88. The van der Waals surface area contributed by atoms with Crippen LogP contribution in [0.4, 0.5) is 0 Å². The lowest BCUT2D eigenvalue weighted by molar-refractivity contribution is 0.526. The molecule has 21 heavy (non-hydrogen) atoms. The molecule has 1 atom stereocenters. The molecule has 0 saturated carbocycles. The van der Waals surface area contributed by atoms with E-state index in [1.807, 2.05) is 4.68 Å². The molecule has 4 heteroatoms. The molecule has 2 aromatic rings. The number of aryl methyl sites for hydroxylation is 2. The van der Waals surface area contributed by atoms with E-state index in [-0.39, 0.29) is 0 Å². The van der Waals surface area contributed by atoms with Crippen LogP contribution in [-0.4, -0.2) is 27.9 Å². The van der Waals surface area contributed by atoms with Gasteiger partial charge in [0.1, 0.15) is 12.2 Å². The van der Waals surface area contributed by atoms with Gasteiger partial charge >= 0.3 is 0 Å². The highest BCUT2D eigenvalue weighted by molar-refractivity contribution is 5.26. The van der Waals surface area contributed by atoms with Crippen LogP contribution in [0.3, 0.4) is 0 Å². The molecule has 0 saturated heterocycles. The molecule has 0 fully saturated rings. The lowest BCUT2D eigenvalue weighted by atomic mass is 9.94. The van der Waals surface area contributed by atoms with Crippen LogP contribution in [0.15, 0.2) is 30.6 Å². The Morgan fingerprint density at radius 2 is 2.14 bits per heavy atom. The Labute approximate surface area is 127 Å². The zero-order chi connectivity index (χ0) is 15.1. The van der Waals surface area contributed by atoms with Crippen LogP contribution in [0.5, 0.6) is 0 Å². The van der Waals surface area contributed by atoms with Gasteiger partial charge in [-0.2, -0.15) is 5.10 Å². The molecule has 1 aromatic carbocycles. The van der Waals surface area contributed by atoms with Crippen molar-refractivity contribution < 1.29 is 0 Å². The molecule has 0 amide bonds. The normalized spacial score (nSPS) is 12.5. The minimum Gasteiger partial charge on any atom is -0.316 e. The van der Waals surface area contributed by atoms with Gasteiger partial charge in [0.05, 0.1) is 0 Å². The molecule has 0 aliphatic heterocycles. The van der Waals surface area contributed by atoms with Gasteiger partial charge in [-0.25, -0.2) is 4.98 Å². The maximum absolute atomic E-state index is 4.45. The van der Waals surface area contributed by atoms with Crippen molar-refractivity contribution in [2.75, 3.05) is 13.1 Å². The molecule has 114 valence electrons. The second-order valence-electron chi connectivity index (χ2n) is 5.52. The molecular formula is C17H26N4. The van der Waals surface area contributed by atoms with Crippen molar-refractivity contribution in [3.05, 3.63) is 47.5 Å². The Kier molecular flexibility index (Phi) is 5.93. The standard InChI is InChI=1S/C17H26N4/c1-4-9-21-17(19-13-20-21)11-16(12-18-5-2)15-8-6-7-14(3)10-15/h6-8,10,13,16,18H,4-5,9,11-12H2,1-3H3. The van der Waals surface area contributed by atoms with Gasteiger partial charge in [0, 0.05) is 25.4 Å². The van der Waals surface area contributed by atoms with Crippen LogP contribution in [-0.2, 0) is 13.0 Å². The maximum Gasteiger partial charge on any atom is 0.138 e. The van der Waals surface area contributed by atoms with E-state index in [0.717, 1.165) is 38.3 Å². The summed E-state index contributed by atoms with van der Waals surface area (Å²) < 4.78 is 2.04. The predicted octanol–water partition coefficient (Wildman–Crippen LogP) is 2.93. The summed E-state index contributed by atoms with van der Waals surface area (Å²) in [5.41, 5.74) is 2.69. The predicted molar refractivity (Wildman–Crippen MR) is 86.5 cm³/mol. The zero-order valence-electron chi connectivity index (χ0n) is 13.3. The lowest BCUT2D eigenvalue weighted by Gasteiger charge is -2.18. The van der Waals surface area contributed by atoms with Gasteiger partial charge in [0.2, 0.25) is 0 Å². The third kappa shape index (κ3) is 4.39. The van der Waals surface area contributed by atoms with Gasteiger partial charge < -0.3 is 5.32 Å². The Morgan fingerprint density at radius 3 is 2.86 bits per heavy atom. The number of nitrogens with one attached hydrogen (secondary N) is 1. The SMILES string of the molecule is CCCn1ncnc1CC(CNCC)c1cccc(C)c1. The van der Waals surface area contributed by atoms with Crippen molar-refractivity contribution in [2.24, 2.45) is 0 Å². The van der Waals surface area contributed by atoms with Crippen molar-refractivity contribution in [2.45, 2.75) is 46.1 Å². The monoisotopic (exact) mass is 286 g/mol. The summed E-state index contributed by atoms with van der Waals surface area (Å²) in [5, 5.41) is 7.81. The Balaban J connectivity index is 2.17. The zero-order valence-corrected chi connectivity index (χ0v) is 13.3. The van der Waals surface area contributed by atoms with Gasteiger partial charge in [-0.05, 0) is 25.5 Å². The number of aromatic nitrogens is 3. The van der Waals surface area contributed by atoms with Crippen LogP contribution in [0, 0.1) is 6.92 Å². The van der Waals surface area contributed by atoms with Gasteiger partial charge in [0.25, 0.3) is 0 Å². The molecule has 0 bridgehead atoms. The van der Waals surface area contributed by atoms with E-state index in [9.17, 15) is 0 Å². The summed E-state index contributed by atoms with van der Waals surface area (Å²) in [5.74, 6) is 1.52. The van der Waals surface area contributed by atoms with Crippen LogP contribution in [0.25, 0.3) is 0 Å². The first-order valence-corrected chi connectivity index (χ1v) is 7.88. The summed E-state index contributed by atoms with van der Waals surface area (Å²) in [6, 6.07) is 8.78. The summed E-state index contributed by atoms with van der Waals surface area (Å²) in [7, 11) is 0. The lowest BCUT2D eigenvalue weighted by Crippen LogP contribution is -2.24. The number of rotatable bonds is 8. The van der Waals surface area contributed by atoms with Crippen LogP contribution in [0.2, 0.25) is 0 Å². The maximum atomic E-state index is 4.45. The van der Waals surface area contributed by atoms with Crippen LogP contribution < -0.4 is 5.32 Å². The van der Waals surface area contributed by atoms with Gasteiger partial charge in [-0.3, -0.25) is 4.68 Å². The highest BCUT2D eigenvalue weighted by Crippen LogP contribution is 2.20. The summed E-state index contributed by atoms with van der Waals surface area (Å²) in [6.07, 6.45) is 3.68. The molecule has 1 unspecified atom stereocenters. The number of hydrogen-bond acceptors (Lipinski definition) is 3. The minimum atomic E-state index is 0.435. The molecule has 1 N–H and O–H groups in total. The molecule has 0 radical (unpaired) electrons. The number of benzene rings is 1. The second kappa shape index (κ2) is 7.93. The molecule has 4 nitrogen and oxygen atoms in total. The first-order chi connectivity index (χ1) is 10.2. The summed E-state index contributed by atoms with van der Waals surface area (Å²) in [6.45, 7) is 9.36.